The maximum absolute atomic E-state index is 11.6. The lowest BCUT2D eigenvalue weighted by atomic mass is 10.3. The molecule has 1 aliphatic heterocycles. The third kappa shape index (κ3) is 3.87. The molecule has 8 nitrogen and oxygen atoms in total. The number of nitrogens with zero attached hydrogens (tertiary/aromatic N) is 5. The predicted octanol–water partition coefficient (Wildman–Crippen LogP) is 0.819. The van der Waals surface area contributed by atoms with Gasteiger partial charge >= 0.3 is 6.03 Å². The van der Waals surface area contributed by atoms with Gasteiger partial charge in [-0.15, -0.1) is 0 Å². The van der Waals surface area contributed by atoms with Gasteiger partial charge in [0.15, 0.2) is 0 Å². The fourth-order valence-electron chi connectivity index (χ4n) is 1.36. The van der Waals surface area contributed by atoms with Crippen molar-refractivity contribution in [2.24, 2.45) is 15.4 Å². The summed E-state index contributed by atoms with van der Waals surface area (Å²) in [6.07, 6.45) is 6.31. The molecule has 0 saturated heterocycles. The third-order valence-corrected chi connectivity index (χ3v) is 2.28. The Kier molecular flexibility index (Phi) is 4.76. The molecule has 0 spiro atoms. The van der Waals surface area contributed by atoms with Gasteiger partial charge in [0, 0.05) is 18.0 Å². The van der Waals surface area contributed by atoms with Gasteiger partial charge in [-0.2, -0.15) is 10.2 Å². The molecular formula is C12H14N6O2. The number of nitrogens with one attached hydrogen (secondary N) is 1. The Morgan fingerprint density at radius 1 is 1.55 bits per heavy atom. The minimum absolute atomic E-state index is 0.221. The van der Waals surface area contributed by atoms with Crippen molar-refractivity contribution in [3.63, 3.8) is 0 Å². The van der Waals surface area contributed by atoms with E-state index in [2.05, 4.69) is 25.8 Å². The zero-order valence-electron chi connectivity index (χ0n) is 10.9. The Bertz CT molecular complexity index is 540. The number of hydrogen-bond donors (Lipinski definition) is 1. The van der Waals surface area contributed by atoms with Crippen LogP contribution in [0.2, 0.25) is 0 Å². The van der Waals surface area contributed by atoms with E-state index < -0.39 is 6.03 Å². The molecule has 1 aliphatic rings. The SMILES string of the molecule is CCO/N=C/C1=NNC(=O)N(/N=C/c2cccnc2)C1. The van der Waals surface area contributed by atoms with Crippen molar-refractivity contribution in [2.75, 3.05) is 13.2 Å². The van der Waals surface area contributed by atoms with E-state index in [0.29, 0.717) is 12.3 Å². The Morgan fingerprint density at radius 2 is 2.45 bits per heavy atom. The monoisotopic (exact) mass is 274 g/mol. The highest BCUT2D eigenvalue weighted by Crippen LogP contribution is 1.99. The maximum Gasteiger partial charge on any atom is 0.358 e. The molecule has 8 heteroatoms. The summed E-state index contributed by atoms with van der Waals surface area (Å²) in [6, 6.07) is 3.22. The molecule has 2 amide bonds. The first-order valence-electron chi connectivity index (χ1n) is 6.03. The number of urea groups is 1. The highest BCUT2D eigenvalue weighted by Gasteiger charge is 2.18. The Morgan fingerprint density at radius 3 is 3.20 bits per heavy atom. The minimum atomic E-state index is -0.404. The summed E-state index contributed by atoms with van der Waals surface area (Å²) in [5.74, 6) is 0. The zero-order chi connectivity index (χ0) is 14.2. The first-order valence-corrected chi connectivity index (χ1v) is 6.03. The number of rotatable bonds is 5. The van der Waals surface area contributed by atoms with Crippen LogP contribution in [0.5, 0.6) is 0 Å². The van der Waals surface area contributed by atoms with Gasteiger partial charge in [-0.05, 0) is 13.0 Å². The fraction of sp³-hybridized carbons (Fsp3) is 0.250. The van der Waals surface area contributed by atoms with Crippen molar-refractivity contribution in [3.8, 4) is 0 Å². The molecular weight excluding hydrogens is 260 g/mol. The number of carbonyl (C=O) groups is 1. The van der Waals surface area contributed by atoms with Crippen LogP contribution in [-0.4, -0.2) is 47.3 Å². The average Bonchev–Trinajstić information content (AvgIpc) is 2.49. The first-order chi connectivity index (χ1) is 9.79. The molecule has 0 saturated carbocycles. The van der Waals surface area contributed by atoms with Gasteiger partial charge in [-0.25, -0.2) is 15.2 Å². The number of aromatic nitrogens is 1. The third-order valence-electron chi connectivity index (χ3n) is 2.28. The normalized spacial score (nSPS) is 15.6. The van der Waals surface area contributed by atoms with Gasteiger partial charge in [-0.3, -0.25) is 4.98 Å². The maximum atomic E-state index is 11.6. The van der Waals surface area contributed by atoms with E-state index in [-0.39, 0.29) is 6.54 Å². The second-order valence-corrected chi connectivity index (χ2v) is 3.76. The van der Waals surface area contributed by atoms with E-state index in [0.717, 1.165) is 5.56 Å². The second-order valence-electron chi connectivity index (χ2n) is 3.76. The van der Waals surface area contributed by atoms with Gasteiger partial charge in [0.05, 0.1) is 19.0 Å². The molecule has 0 radical (unpaired) electrons. The first kappa shape index (κ1) is 13.7. The molecule has 104 valence electrons. The van der Waals surface area contributed by atoms with Crippen molar-refractivity contribution in [3.05, 3.63) is 30.1 Å². The summed E-state index contributed by atoms with van der Waals surface area (Å²) in [5, 5.41) is 12.9. The molecule has 0 aromatic carbocycles. The van der Waals surface area contributed by atoms with Gasteiger partial charge in [0.2, 0.25) is 0 Å². The van der Waals surface area contributed by atoms with Gasteiger partial charge < -0.3 is 4.84 Å². The molecule has 0 bridgehead atoms. The summed E-state index contributed by atoms with van der Waals surface area (Å²) < 4.78 is 0. The van der Waals surface area contributed by atoms with Crippen LogP contribution in [-0.2, 0) is 4.84 Å². The van der Waals surface area contributed by atoms with E-state index in [1.807, 2.05) is 13.0 Å². The number of carbonyl (C=O) groups excluding carboxylic acids is 1. The molecule has 0 aliphatic carbocycles. The van der Waals surface area contributed by atoms with E-state index >= 15 is 0 Å². The fourth-order valence-corrected chi connectivity index (χ4v) is 1.36. The van der Waals surface area contributed by atoms with E-state index in [1.54, 1.807) is 24.7 Å². The molecule has 2 rings (SSSR count). The lowest BCUT2D eigenvalue weighted by molar-refractivity contribution is 0.161. The summed E-state index contributed by atoms with van der Waals surface area (Å²) in [4.78, 5) is 20.4. The van der Waals surface area contributed by atoms with Crippen LogP contribution in [0.25, 0.3) is 0 Å². The van der Waals surface area contributed by atoms with Crippen LogP contribution in [0.1, 0.15) is 12.5 Å². The lowest BCUT2D eigenvalue weighted by Crippen LogP contribution is -2.43. The van der Waals surface area contributed by atoms with Crippen molar-refractivity contribution in [2.45, 2.75) is 6.92 Å². The number of hydrogen-bond acceptors (Lipinski definition) is 6. The minimum Gasteiger partial charge on any atom is -0.396 e. The number of hydrazone groups is 2. The summed E-state index contributed by atoms with van der Waals surface area (Å²) in [5.41, 5.74) is 3.69. The van der Waals surface area contributed by atoms with Gasteiger partial charge in [0.25, 0.3) is 0 Å². The Labute approximate surface area is 115 Å². The Hall–Kier alpha value is -2.77. The van der Waals surface area contributed by atoms with E-state index in [9.17, 15) is 4.79 Å². The number of pyridine rings is 1. The van der Waals surface area contributed by atoms with Crippen LogP contribution in [0, 0.1) is 0 Å². The average molecular weight is 274 g/mol. The van der Waals surface area contributed by atoms with Gasteiger partial charge in [0.1, 0.15) is 12.3 Å². The number of oxime groups is 1. The molecule has 20 heavy (non-hydrogen) atoms. The van der Waals surface area contributed by atoms with Crippen LogP contribution >= 0.6 is 0 Å². The molecule has 1 aromatic heterocycles. The summed E-state index contributed by atoms with van der Waals surface area (Å²) >= 11 is 0. The smallest absolute Gasteiger partial charge is 0.358 e. The standard InChI is InChI=1S/C12H14N6O2/c1-2-20-15-8-11-9-18(12(19)17-16-11)14-7-10-4-3-5-13-6-10/h3-8H,2,9H2,1H3,(H,17,19)/b14-7+,15-8+. The quantitative estimate of drug-likeness (QED) is 0.636. The van der Waals surface area contributed by atoms with E-state index in [4.69, 9.17) is 4.84 Å². The molecule has 0 unspecified atom stereocenters. The summed E-state index contributed by atoms with van der Waals surface area (Å²) in [7, 11) is 0. The molecule has 2 heterocycles. The lowest BCUT2D eigenvalue weighted by Gasteiger charge is -2.20. The highest BCUT2D eigenvalue weighted by atomic mass is 16.6. The molecule has 0 fully saturated rings. The van der Waals surface area contributed by atoms with E-state index in [1.165, 1.54) is 11.2 Å². The highest BCUT2D eigenvalue weighted by molar-refractivity contribution is 6.32. The van der Waals surface area contributed by atoms with Crippen molar-refractivity contribution in [1.82, 2.24) is 15.4 Å². The zero-order valence-corrected chi connectivity index (χ0v) is 10.9. The topological polar surface area (TPSA) is 91.5 Å². The summed E-state index contributed by atoms with van der Waals surface area (Å²) in [6.45, 7) is 2.52. The van der Waals surface area contributed by atoms with Crippen molar-refractivity contribution >= 4 is 24.2 Å². The van der Waals surface area contributed by atoms with Crippen LogP contribution in [0.3, 0.4) is 0 Å². The van der Waals surface area contributed by atoms with Crippen LogP contribution in [0.15, 0.2) is 39.9 Å². The Balaban J connectivity index is 2.00. The van der Waals surface area contributed by atoms with Crippen molar-refractivity contribution < 1.29 is 9.63 Å². The van der Waals surface area contributed by atoms with Crippen molar-refractivity contribution in [1.29, 1.82) is 0 Å². The molecule has 1 N–H and O–H groups in total. The molecule has 1 aromatic rings. The largest absolute Gasteiger partial charge is 0.396 e. The van der Waals surface area contributed by atoms with Gasteiger partial charge in [-0.1, -0.05) is 11.2 Å². The van der Waals surface area contributed by atoms with Crippen LogP contribution < -0.4 is 5.43 Å². The van der Waals surface area contributed by atoms with Crippen LogP contribution in [0.4, 0.5) is 4.79 Å². The second kappa shape index (κ2) is 6.98. The molecule has 0 atom stereocenters. The number of amides is 2. The predicted molar refractivity (Wildman–Crippen MR) is 74.6 cm³/mol.